The van der Waals surface area contributed by atoms with E-state index in [9.17, 15) is 9.59 Å². The largest absolute Gasteiger partial charge is 0.368 e. The molecule has 0 bridgehead atoms. The molecular weight excluding hydrogens is 146 g/mol. The Bertz CT molecular complexity index is 167. The summed E-state index contributed by atoms with van der Waals surface area (Å²) in [4.78, 5) is 21.2. The molecular formula is C6H13N3O2. The molecule has 5 nitrogen and oxygen atoms in total. The molecule has 0 fully saturated rings. The summed E-state index contributed by atoms with van der Waals surface area (Å²) in [6.07, 6.45) is 0. The maximum absolute atomic E-state index is 10.8. The second-order valence-electron chi connectivity index (χ2n) is 2.42. The van der Waals surface area contributed by atoms with E-state index in [2.05, 4.69) is 5.32 Å². The molecule has 0 heterocycles. The third kappa shape index (κ3) is 3.57. The molecule has 0 unspecified atom stereocenters. The van der Waals surface area contributed by atoms with Crippen LogP contribution in [0, 0.1) is 0 Å². The van der Waals surface area contributed by atoms with Gasteiger partial charge in [0.2, 0.25) is 11.8 Å². The topological polar surface area (TPSA) is 98.2 Å². The fraction of sp³-hybridized carbons (Fsp3) is 0.667. The van der Waals surface area contributed by atoms with Crippen LogP contribution in [-0.2, 0) is 9.59 Å². The second-order valence-corrected chi connectivity index (χ2v) is 2.42. The summed E-state index contributed by atoms with van der Waals surface area (Å²) in [6.45, 7) is 3.03. The van der Waals surface area contributed by atoms with E-state index in [1.165, 1.54) is 13.8 Å². The highest BCUT2D eigenvalue weighted by atomic mass is 16.2. The van der Waals surface area contributed by atoms with Crippen molar-refractivity contribution in [1.82, 2.24) is 5.32 Å². The standard InChI is InChI=1S/C6H13N3O2/c1-3(7)6(11)9-4(2)5(8)10/h3-4H,7H2,1-2H3,(H2,8,10)(H,9,11)/t3-,4-/m1/s1. The van der Waals surface area contributed by atoms with Crippen molar-refractivity contribution in [2.24, 2.45) is 11.5 Å². The number of primary amides is 1. The van der Waals surface area contributed by atoms with Crippen LogP contribution in [0.25, 0.3) is 0 Å². The van der Waals surface area contributed by atoms with Crippen LogP contribution in [0.1, 0.15) is 13.8 Å². The Morgan fingerprint density at radius 2 is 1.82 bits per heavy atom. The van der Waals surface area contributed by atoms with Crippen LogP contribution in [-0.4, -0.2) is 23.9 Å². The average Bonchev–Trinajstić information content (AvgIpc) is 1.87. The van der Waals surface area contributed by atoms with E-state index in [0.29, 0.717) is 0 Å². The Morgan fingerprint density at radius 3 is 2.09 bits per heavy atom. The molecule has 11 heavy (non-hydrogen) atoms. The summed E-state index contributed by atoms with van der Waals surface area (Å²) in [5.41, 5.74) is 10.1. The van der Waals surface area contributed by atoms with E-state index in [4.69, 9.17) is 11.5 Å². The van der Waals surface area contributed by atoms with Crippen LogP contribution < -0.4 is 16.8 Å². The first-order valence-electron chi connectivity index (χ1n) is 3.30. The van der Waals surface area contributed by atoms with Gasteiger partial charge in [0.25, 0.3) is 0 Å². The molecule has 0 aromatic heterocycles. The average molecular weight is 159 g/mol. The molecule has 0 spiro atoms. The van der Waals surface area contributed by atoms with Crippen molar-refractivity contribution in [3.63, 3.8) is 0 Å². The van der Waals surface area contributed by atoms with Crippen molar-refractivity contribution in [3.8, 4) is 0 Å². The predicted molar refractivity (Wildman–Crippen MR) is 40.4 cm³/mol. The van der Waals surface area contributed by atoms with Gasteiger partial charge in [0.1, 0.15) is 6.04 Å². The molecule has 2 amide bonds. The summed E-state index contributed by atoms with van der Waals surface area (Å²) >= 11 is 0. The molecule has 0 aliphatic heterocycles. The monoisotopic (exact) mass is 159 g/mol. The van der Waals surface area contributed by atoms with Gasteiger partial charge in [0.15, 0.2) is 0 Å². The highest BCUT2D eigenvalue weighted by molar-refractivity contribution is 5.88. The lowest BCUT2D eigenvalue weighted by Crippen LogP contribution is -2.47. The van der Waals surface area contributed by atoms with Gasteiger partial charge in [-0.3, -0.25) is 9.59 Å². The smallest absolute Gasteiger partial charge is 0.239 e. The van der Waals surface area contributed by atoms with Gasteiger partial charge in [-0.05, 0) is 13.8 Å². The first-order chi connectivity index (χ1) is 4.95. The lowest BCUT2D eigenvalue weighted by molar-refractivity contribution is -0.127. The number of carbonyl (C=O) groups excluding carboxylic acids is 2. The SMILES string of the molecule is C[C@@H](N)C(=O)N[C@H](C)C(N)=O. The molecule has 0 saturated carbocycles. The number of carbonyl (C=O) groups is 2. The van der Waals surface area contributed by atoms with Crippen LogP contribution in [0.3, 0.4) is 0 Å². The van der Waals surface area contributed by atoms with Crippen LogP contribution in [0.2, 0.25) is 0 Å². The molecule has 0 radical (unpaired) electrons. The molecule has 0 aromatic rings. The van der Waals surface area contributed by atoms with Crippen LogP contribution in [0.15, 0.2) is 0 Å². The molecule has 64 valence electrons. The van der Waals surface area contributed by atoms with Gasteiger partial charge < -0.3 is 16.8 Å². The van der Waals surface area contributed by atoms with Crippen LogP contribution in [0.4, 0.5) is 0 Å². The van der Waals surface area contributed by atoms with Gasteiger partial charge in [-0.25, -0.2) is 0 Å². The molecule has 2 atom stereocenters. The zero-order valence-corrected chi connectivity index (χ0v) is 6.63. The first-order valence-corrected chi connectivity index (χ1v) is 3.30. The summed E-state index contributed by atoms with van der Waals surface area (Å²) in [7, 11) is 0. The van der Waals surface area contributed by atoms with Gasteiger partial charge in [-0.1, -0.05) is 0 Å². The van der Waals surface area contributed by atoms with Gasteiger partial charge in [-0.2, -0.15) is 0 Å². The summed E-state index contributed by atoms with van der Waals surface area (Å²) in [5, 5.41) is 2.34. The second kappa shape index (κ2) is 3.92. The quantitative estimate of drug-likeness (QED) is 0.459. The first kappa shape index (κ1) is 9.90. The van der Waals surface area contributed by atoms with Gasteiger partial charge in [0.05, 0.1) is 6.04 Å². The molecule has 5 heteroatoms. The number of amides is 2. The van der Waals surface area contributed by atoms with Crippen molar-refractivity contribution in [1.29, 1.82) is 0 Å². The normalized spacial score (nSPS) is 15.2. The summed E-state index contributed by atoms with van der Waals surface area (Å²) < 4.78 is 0. The molecule has 5 N–H and O–H groups in total. The lowest BCUT2D eigenvalue weighted by Gasteiger charge is -2.11. The van der Waals surface area contributed by atoms with Crippen molar-refractivity contribution < 1.29 is 9.59 Å². The minimum atomic E-state index is -0.659. The van der Waals surface area contributed by atoms with E-state index in [0.717, 1.165) is 0 Å². The molecule has 0 aliphatic carbocycles. The van der Waals surface area contributed by atoms with Gasteiger partial charge >= 0.3 is 0 Å². The van der Waals surface area contributed by atoms with Crippen molar-refractivity contribution >= 4 is 11.8 Å². The summed E-state index contributed by atoms with van der Waals surface area (Å²) in [6, 6.07) is -1.27. The minimum Gasteiger partial charge on any atom is -0.368 e. The Kier molecular flexibility index (Phi) is 3.53. The van der Waals surface area contributed by atoms with Crippen LogP contribution in [0.5, 0.6) is 0 Å². The van der Waals surface area contributed by atoms with E-state index in [1.54, 1.807) is 0 Å². The van der Waals surface area contributed by atoms with E-state index < -0.39 is 18.0 Å². The molecule has 0 saturated heterocycles. The fourth-order valence-corrected chi connectivity index (χ4v) is 0.416. The molecule has 0 aliphatic rings. The predicted octanol–water partition coefficient (Wildman–Crippen LogP) is -1.68. The Hall–Kier alpha value is -1.10. The number of hydrogen-bond donors (Lipinski definition) is 3. The number of nitrogens with one attached hydrogen (secondary N) is 1. The number of hydrogen-bond acceptors (Lipinski definition) is 3. The summed E-state index contributed by atoms with van der Waals surface area (Å²) in [5.74, 6) is -0.949. The van der Waals surface area contributed by atoms with E-state index in [1.807, 2.05) is 0 Å². The minimum absolute atomic E-state index is 0.378. The molecule has 0 rings (SSSR count). The Balaban J connectivity index is 3.85. The lowest BCUT2D eigenvalue weighted by atomic mass is 10.3. The maximum Gasteiger partial charge on any atom is 0.239 e. The van der Waals surface area contributed by atoms with Crippen LogP contribution >= 0.6 is 0 Å². The van der Waals surface area contributed by atoms with Crippen molar-refractivity contribution in [2.45, 2.75) is 25.9 Å². The third-order valence-corrected chi connectivity index (χ3v) is 1.20. The Labute approximate surface area is 65.1 Å². The fourth-order valence-electron chi connectivity index (χ4n) is 0.416. The number of rotatable bonds is 3. The Morgan fingerprint density at radius 1 is 1.36 bits per heavy atom. The third-order valence-electron chi connectivity index (χ3n) is 1.20. The number of nitrogens with two attached hydrogens (primary N) is 2. The van der Waals surface area contributed by atoms with E-state index >= 15 is 0 Å². The van der Waals surface area contributed by atoms with Crippen molar-refractivity contribution in [2.75, 3.05) is 0 Å². The van der Waals surface area contributed by atoms with Crippen molar-refractivity contribution in [3.05, 3.63) is 0 Å². The molecule has 0 aromatic carbocycles. The van der Waals surface area contributed by atoms with Gasteiger partial charge in [-0.15, -0.1) is 0 Å². The zero-order chi connectivity index (χ0) is 9.02. The highest BCUT2D eigenvalue weighted by Gasteiger charge is 2.14. The zero-order valence-electron chi connectivity index (χ0n) is 6.63. The highest BCUT2D eigenvalue weighted by Crippen LogP contribution is 1.81. The van der Waals surface area contributed by atoms with Gasteiger partial charge in [0, 0.05) is 0 Å². The maximum atomic E-state index is 10.8. The van der Waals surface area contributed by atoms with E-state index in [-0.39, 0.29) is 5.91 Å².